The topological polar surface area (TPSA) is 73.0 Å². The van der Waals surface area contributed by atoms with E-state index in [0.717, 1.165) is 44.2 Å². The summed E-state index contributed by atoms with van der Waals surface area (Å²) < 4.78 is 26.0. The van der Waals surface area contributed by atoms with Crippen molar-refractivity contribution in [1.82, 2.24) is 15.1 Å². The van der Waals surface area contributed by atoms with Crippen LogP contribution in [0.2, 0.25) is 0 Å². The number of carbonyl (C=O) groups is 1. The first-order valence-corrected chi connectivity index (χ1v) is 18.0. The molecule has 5 aliphatic rings. The summed E-state index contributed by atoms with van der Waals surface area (Å²) in [6, 6.07) is 16.6. The highest BCUT2D eigenvalue weighted by Gasteiger charge is 2.50. The number of hydrogen-bond acceptors (Lipinski definition) is 6. The minimum Gasteiger partial charge on any atom is -0.371 e. The van der Waals surface area contributed by atoms with Crippen LogP contribution >= 0.6 is 0 Å². The molecule has 1 N–H and O–H groups in total. The lowest BCUT2D eigenvalue weighted by molar-refractivity contribution is -0.128. The highest BCUT2D eigenvalue weighted by Crippen LogP contribution is 2.50. The van der Waals surface area contributed by atoms with Gasteiger partial charge in [0.25, 0.3) is 0 Å². The van der Waals surface area contributed by atoms with E-state index in [0.29, 0.717) is 16.7 Å². The van der Waals surface area contributed by atoms with E-state index in [1.807, 2.05) is 12.1 Å². The Balaban J connectivity index is 0.921. The molecular weight excluding hydrogens is 556 g/mol. The summed E-state index contributed by atoms with van der Waals surface area (Å²) in [5.74, 6) is 1.91. The van der Waals surface area contributed by atoms with E-state index in [9.17, 15) is 13.2 Å². The number of rotatable bonds is 8. The number of nitrogens with one attached hydrogen (secondary N) is 1. The summed E-state index contributed by atoms with van der Waals surface area (Å²) in [7, 11) is -3.44. The molecule has 0 spiro atoms. The van der Waals surface area contributed by atoms with Crippen molar-refractivity contribution >= 4 is 21.4 Å². The van der Waals surface area contributed by atoms with Crippen molar-refractivity contribution in [2.45, 2.75) is 60.6 Å². The highest BCUT2D eigenvalue weighted by atomic mass is 32.2. The Labute approximate surface area is 257 Å². The Kier molecular flexibility index (Phi) is 7.89. The summed E-state index contributed by atoms with van der Waals surface area (Å²) in [6.07, 6.45) is 10.4. The number of carbonyl (C=O) groups excluding carboxylic acids is 1. The first kappa shape index (κ1) is 29.1. The number of benzene rings is 2. The number of piperidine rings is 1. The van der Waals surface area contributed by atoms with Gasteiger partial charge in [0.1, 0.15) is 5.25 Å². The van der Waals surface area contributed by atoms with E-state index in [1.165, 1.54) is 62.6 Å². The first-order chi connectivity index (χ1) is 20.9. The molecule has 3 saturated heterocycles. The molecule has 0 bridgehead atoms. The molecule has 7 nitrogen and oxygen atoms in total. The second-order valence-corrected chi connectivity index (χ2v) is 15.9. The van der Waals surface area contributed by atoms with Crippen LogP contribution in [0.25, 0.3) is 0 Å². The maximum atomic E-state index is 13.0. The highest BCUT2D eigenvalue weighted by molar-refractivity contribution is 7.92. The third kappa shape index (κ3) is 5.23. The minimum atomic E-state index is -3.44. The predicted octanol–water partition coefficient (Wildman–Crippen LogP) is 4.24. The zero-order valence-corrected chi connectivity index (χ0v) is 26.1. The Hall–Kier alpha value is -2.68. The Morgan fingerprint density at radius 1 is 0.930 bits per heavy atom. The monoisotopic (exact) mass is 602 g/mol. The van der Waals surface area contributed by atoms with Crippen LogP contribution in [0.1, 0.15) is 49.7 Å². The summed E-state index contributed by atoms with van der Waals surface area (Å²) >= 11 is 0. The number of likely N-dealkylation sites (tertiary alicyclic amines) is 2. The number of sulfone groups is 1. The molecule has 8 heteroatoms. The predicted molar refractivity (Wildman–Crippen MR) is 171 cm³/mol. The Morgan fingerprint density at radius 3 is 2.30 bits per heavy atom. The Morgan fingerprint density at radius 2 is 1.60 bits per heavy atom. The molecule has 4 heterocycles. The van der Waals surface area contributed by atoms with Gasteiger partial charge in [0.2, 0.25) is 5.91 Å². The van der Waals surface area contributed by atoms with Crippen LogP contribution in [0, 0.1) is 17.8 Å². The van der Waals surface area contributed by atoms with Gasteiger partial charge in [-0.3, -0.25) is 4.79 Å². The fraction of sp³-hybridized carbons (Fsp3) is 0.571. The SMILES string of the molecule is C=CC(=O)N1CC(S(=O)(=O)c2ccc(N3CC(CN4CCC(C5(C6CCCC6)NCCc6ccccc65)CC4)C3)cc2)C1. The molecule has 4 fully saturated rings. The number of nitrogens with zero attached hydrogens (tertiary/aromatic N) is 3. The van der Waals surface area contributed by atoms with E-state index >= 15 is 0 Å². The van der Waals surface area contributed by atoms with Crippen molar-refractivity contribution < 1.29 is 13.2 Å². The van der Waals surface area contributed by atoms with Crippen molar-refractivity contribution in [3.63, 3.8) is 0 Å². The molecule has 2 aromatic carbocycles. The largest absolute Gasteiger partial charge is 0.371 e. The summed E-state index contributed by atoms with van der Waals surface area (Å²) in [4.78, 5) is 18.6. The second kappa shape index (κ2) is 11.7. The molecule has 2 aromatic rings. The molecular formula is C35H46N4O3S. The van der Waals surface area contributed by atoms with Gasteiger partial charge in [0.05, 0.1) is 4.90 Å². The van der Waals surface area contributed by atoms with Crippen molar-refractivity contribution in [2.75, 3.05) is 57.3 Å². The van der Waals surface area contributed by atoms with E-state index in [1.54, 1.807) is 23.3 Å². The van der Waals surface area contributed by atoms with E-state index < -0.39 is 15.1 Å². The van der Waals surface area contributed by atoms with Crippen molar-refractivity contribution in [3.8, 4) is 0 Å². The third-order valence-corrected chi connectivity index (χ3v) is 13.4. The van der Waals surface area contributed by atoms with Gasteiger partial charge >= 0.3 is 0 Å². The van der Waals surface area contributed by atoms with Gasteiger partial charge in [-0.15, -0.1) is 0 Å². The van der Waals surface area contributed by atoms with Crippen LogP contribution in [-0.4, -0.2) is 81.7 Å². The summed E-state index contributed by atoms with van der Waals surface area (Å²) in [6.45, 7) is 10.6. The van der Waals surface area contributed by atoms with Gasteiger partial charge in [-0.2, -0.15) is 0 Å². The number of anilines is 1. The lowest BCUT2D eigenvalue weighted by Crippen LogP contribution is -2.59. The number of hydrogen-bond donors (Lipinski definition) is 1. The zero-order valence-electron chi connectivity index (χ0n) is 25.3. The third-order valence-electron chi connectivity index (χ3n) is 11.3. The van der Waals surface area contributed by atoms with Gasteiger partial charge in [0, 0.05) is 56.4 Å². The summed E-state index contributed by atoms with van der Waals surface area (Å²) in [5.41, 5.74) is 4.43. The van der Waals surface area contributed by atoms with Crippen LogP contribution < -0.4 is 10.2 Å². The number of fused-ring (bicyclic) bond motifs is 1. The molecule has 0 aromatic heterocycles. The second-order valence-electron chi connectivity index (χ2n) is 13.6. The molecule has 7 rings (SSSR count). The van der Waals surface area contributed by atoms with E-state index in [2.05, 4.69) is 46.0 Å². The average Bonchev–Trinajstić information content (AvgIpc) is 3.53. The van der Waals surface area contributed by atoms with Gasteiger partial charge in [-0.1, -0.05) is 43.7 Å². The Bertz CT molecular complexity index is 1430. The van der Waals surface area contributed by atoms with Crippen molar-refractivity contribution in [3.05, 3.63) is 72.3 Å². The summed E-state index contributed by atoms with van der Waals surface area (Å²) in [5, 5.41) is 3.62. The standard InChI is InChI=1S/C35H46N4O3S/c1-2-34(40)39-24-32(25-39)43(41,42)31-13-11-30(12-14-31)38-22-26(23-38)21-37-19-16-29(17-20-37)35(28-8-4-5-9-28)33-10-6-3-7-27(33)15-18-36-35/h2-3,6-7,10-14,26,28-29,32,36H,1,4-5,8-9,15-25H2. The van der Waals surface area contributed by atoms with Crippen LogP contribution in [0.5, 0.6) is 0 Å². The molecule has 1 saturated carbocycles. The van der Waals surface area contributed by atoms with E-state index in [4.69, 9.17) is 0 Å². The van der Waals surface area contributed by atoms with Crippen LogP contribution in [0.4, 0.5) is 5.69 Å². The molecule has 1 atom stereocenters. The quantitative estimate of drug-likeness (QED) is 0.456. The molecule has 4 aliphatic heterocycles. The van der Waals surface area contributed by atoms with Crippen LogP contribution in [0.3, 0.4) is 0 Å². The molecule has 1 aliphatic carbocycles. The molecule has 1 unspecified atom stereocenters. The van der Waals surface area contributed by atoms with Crippen LogP contribution in [0.15, 0.2) is 66.1 Å². The lowest BCUT2D eigenvalue weighted by Gasteiger charge is -2.53. The number of amides is 1. The van der Waals surface area contributed by atoms with Crippen LogP contribution in [-0.2, 0) is 26.6 Å². The van der Waals surface area contributed by atoms with Crippen molar-refractivity contribution in [1.29, 1.82) is 0 Å². The molecule has 230 valence electrons. The fourth-order valence-electron chi connectivity index (χ4n) is 8.90. The zero-order chi connectivity index (χ0) is 29.6. The first-order valence-electron chi connectivity index (χ1n) is 16.4. The van der Waals surface area contributed by atoms with Gasteiger partial charge in [-0.05, 0) is 98.5 Å². The van der Waals surface area contributed by atoms with Gasteiger partial charge in [0.15, 0.2) is 9.84 Å². The molecule has 0 radical (unpaired) electrons. The normalized spacial score (nSPS) is 26.1. The van der Waals surface area contributed by atoms with E-state index in [-0.39, 0.29) is 24.5 Å². The average molecular weight is 603 g/mol. The fourth-order valence-corrected chi connectivity index (χ4v) is 10.6. The lowest BCUT2D eigenvalue weighted by atomic mass is 9.63. The smallest absolute Gasteiger partial charge is 0.246 e. The van der Waals surface area contributed by atoms with Crippen molar-refractivity contribution in [2.24, 2.45) is 17.8 Å². The molecule has 1 amide bonds. The maximum absolute atomic E-state index is 13.0. The maximum Gasteiger partial charge on any atom is 0.246 e. The van der Waals surface area contributed by atoms with Gasteiger partial charge in [-0.25, -0.2) is 8.42 Å². The van der Waals surface area contributed by atoms with Gasteiger partial charge < -0.3 is 20.0 Å². The molecule has 43 heavy (non-hydrogen) atoms. The minimum absolute atomic E-state index is 0.158.